The van der Waals surface area contributed by atoms with Gasteiger partial charge < -0.3 is 5.11 Å². The minimum absolute atomic E-state index is 0.299. The van der Waals surface area contributed by atoms with Crippen molar-refractivity contribution < 1.29 is 17.4 Å². The Morgan fingerprint density at radius 3 is 2.25 bits per heavy atom. The summed E-state index contributed by atoms with van der Waals surface area (Å²) in [6.45, 7) is -0.469. The zero-order valence-corrected chi connectivity index (χ0v) is 4.73. The van der Waals surface area contributed by atoms with Crippen molar-refractivity contribution in [3.05, 3.63) is 11.5 Å². The van der Waals surface area contributed by atoms with Crippen molar-refractivity contribution >= 4 is 10.2 Å². The Kier molecular flexibility index (Phi) is 2.64. The molecule has 5 heteroatoms. The molecular weight excluding hydrogens is 135 g/mol. The maximum atomic E-state index is 11.4. The fourth-order valence-electron chi connectivity index (χ4n) is 0.158. The van der Waals surface area contributed by atoms with Crippen molar-refractivity contribution in [2.24, 2.45) is 0 Å². The van der Waals surface area contributed by atoms with Gasteiger partial charge in [0, 0.05) is 0 Å². The van der Waals surface area contributed by atoms with Crippen molar-refractivity contribution in [1.82, 2.24) is 0 Å². The molecule has 0 radical (unpaired) electrons. The molecule has 0 rings (SSSR count). The van der Waals surface area contributed by atoms with Crippen LogP contribution in [-0.2, 0) is 10.2 Å². The first-order chi connectivity index (χ1) is 3.56. The molecule has 8 heavy (non-hydrogen) atoms. The minimum Gasteiger partial charge on any atom is -0.392 e. The van der Waals surface area contributed by atoms with E-state index in [1.807, 2.05) is 0 Å². The molecule has 0 atom stereocenters. The third kappa shape index (κ3) is 5.58. The molecule has 0 aliphatic carbocycles. The molecule has 0 saturated heterocycles. The second-order valence-electron chi connectivity index (χ2n) is 1.03. The first kappa shape index (κ1) is 7.58. The molecule has 0 bridgehead atoms. The van der Waals surface area contributed by atoms with E-state index in [0.29, 0.717) is 5.41 Å². The molecule has 0 amide bonds. The lowest BCUT2D eigenvalue weighted by Crippen LogP contribution is -1.82. The van der Waals surface area contributed by atoms with Crippen molar-refractivity contribution in [2.75, 3.05) is 6.61 Å². The van der Waals surface area contributed by atoms with Crippen LogP contribution >= 0.6 is 0 Å². The molecule has 1 N–H and O–H groups in total. The van der Waals surface area contributed by atoms with Crippen LogP contribution < -0.4 is 0 Å². The molecule has 48 valence electrons. The number of hydrogen-bond donors (Lipinski definition) is 1. The zero-order valence-electron chi connectivity index (χ0n) is 3.91. The van der Waals surface area contributed by atoms with E-state index < -0.39 is 16.8 Å². The maximum Gasteiger partial charge on any atom is 0.324 e. The van der Waals surface area contributed by atoms with Crippen LogP contribution in [0.25, 0.3) is 0 Å². The topological polar surface area (TPSA) is 54.4 Å². The molecule has 0 aromatic rings. The molecule has 0 unspecified atom stereocenters. The van der Waals surface area contributed by atoms with Gasteiger partial charge in [0.15, 0.2) is 0 Å². The van der Waals surface area contributed by atoms with Crippen LogP contribution in [-0.4, -0.2) is 20.1 Å². The Labute approximate surface area is 46.7 Å². The summed E-state index contributed by atoms with van der Waals surface area (Å²) in [7, 11) is -4.53. The number of aliphatic hydroxyl groups excluding tert-OH is 1. The predicted octanol–water partition coefficient (Wildman–Crippen LogP) is -0.208. The van der Waals surface area contributed by atoms with Gasteiger partial charge in [0.25, 0.3) is 0 Å². The number of rotatable bonds is 2. The molecule has 0 aromatic carbocycles. The van der Waals surface area contributed by atoms with Crippen LogP contribution in [0.4, 0.5) is 3.89 Å². The molecule has 0 aromatic heterocycles. The number of halogens is 1. The summed E-state index contributed by atoms with van der Waals surface area (Å²) < 4.78 is 30.4. The predicted molar refractivity (Wildman–Crippen MR) is 26.3 cm³/mol. The summed E-state index contributed by atoms with van der Waals surface area (Å²) in [6.07, 6.45) is 0.801. The van der Waals surface area contributed by atoms with E-state index in [-0.39, 0.29) is 0 Å². The Bertz CT molecular complexity index is 169. The van der Waals surface area contributed by atoms with Crippen LogP contribution in [0, 0.1) is 0 Å². The van der Waals surface area contributed by atoms with Gasteiger partial charge >= 0.3 is 10.2 Å². The molecule has 0 fully saturated rings. The second kappa shape index (κ2) is 2.78. The molecular formula is C3H5FO3S. The van der Waals surface area contributed by atoms with Crippen LogP contribution in [0.2, 0.25) is 0 Å². The van der Waals surface area contributed by atoms with Crippen LogP contribution in [0.1, 0.15) is 0 Å². The van der Waals surface area contributed by atoms with Crippen LogP contribution in [0.5, 0.6) is 0 Å². The summed E-state index contributed by atoms with van der Waals surface area (Å²) >= 11 is 0. The van der Waals surface area contributed by atoms with Crippen molar-refractivity contribution in [3.63, 3.8) is 0 Å². The zero-order chi connectivity index (χ0) is 6.62. The monoisotopic (exact) mass is 140 g/mol. The van der Waals surface area contributed by atoms with Gasteiger partial charge in [0.2, 0.25) is 0 Å². The van der Waals surface area contributed by atoms with Gasteiger partial charge in [-0.1, -0.05) is 0 Å². The van der Waals surface area contributed by atoms with E-state index in [2.05, 4.69) is 0 Å². The van der Waals surface area contributed by atoms with Crippen LogP contribution in [0.3, 0.4) is 0 Å². The van der Waals surface area contributed by atoms with Gasteiger partial charge in [-0.25, -0.2) is 0 Å². The molecule has 0 heterocycles. The molecule has 0 spiro atoms. The normalized spacial score (nSPS) is 12.8. The smallest absolute Gasteiger partial charge is 0.324 e. The number of hydrogen-bond acceptors (Lipinski definition) is 3. The summed E-state index contributed by atoms with van der Waals surface area (Å²) in [5.41, 5.74) is 0. The Morgan fingerprint density at radius 1 is 1.62 bits per heavy atom. The summed E-state index contributed by atoms with van der Waals surface area (Å²) in [6, 6.07) is 0. The highest BCUT2D eigenvalue weighted by atomic mass is 32.3. The molecule has 3 nitrogen and oxygen atoms in total. The Morgan fingerprint density at radius 2 is 2.12 bits per heavy atom. The number of aliphatic hydroxyl groups is 1. The van der Waals surface area contributed by atoms with Crippen molar-refractivity contribution in [3.8, 4) is 0 Å². The Balaban J connectivity index is 3.92. The average molecular weight is 140 g/mol. The highest BCUT2D eigenvalue weighted by Crippen LogP contribution is 1.90. The van der Waals surface area contributed by atoms with E-state index >= 15 is 0 Å². The van der Waals surface area contributed by atoms with E-state index in [9.17, 15) is 12.3 Å². The largest absolute Gasteiger partial charge is 0.392 e. The lowest BCUT2D eigenvalue weighted by Gasteiger charge is -1.76. The molecule has 0 aliphatic rings. The molecule has 0 aliphatic heterocycles. The Hall–Kier alpha value is -0.420. The first-order valence-corrected chi connectivity index (χ1v) is 3.23. The standard InChI is InChI=1S/C3H5FO3S/c4-8(6,7)3-1-2-5/h1,3,5H,2H2. The lowest BCUT2D eigenvalue weighted by atomic mass is 10.7. The van der Waals surface area contributed by atoms with Gasteiger partial charge in [-0.2, -0.15) is 8.42 Å². The summed E-state index contributed by atoms with van der Waals surface area (Å²) in [5.74, 6) is 0. The summed E-state index contributed by atoms with van der Waals surface area (Å²) in [4.78, 5) is 0. The maximum absolute atomic E-state index is 11.4. The lowest BCUT2D eigenvalue weighted by molar-refractivity contribution is 0.343. The third-order valence-corrected chi connectivity index (χ3v) is 0.882. The fraction of sp³-hybridized carbons (Fsp3) is 0.333. The highest BCUT2D eigenvalue weighted by molar-refractivity contribution is 7.89. The molecule has 0 saturated carbocycles. The SMILES string of the molecule is O=S(=O)(F)C=CCO. The third-order valence-electron chi connectivity index (χ3n) is 0.364. The van der Waals surface area contributed by atoms with E-state index in [4.69, 9.17) is 5.11 Å². The second-order valence-corrected chi connectivity index (χ2v) is 2.25. The van der Waals surface area contributed by atoms with E-state index in [0.717, 1.165) is 6.08 Å². The quantitative estimate of drug-likeness (QED) is 0.540. The average Bonchev–Trinajstić information content (AvgIpc) is 1.59. The van der Waals surface area contributed by atoms with Gasteiger partial charge in [0.05, 0.1) is 12.0 Å². The van der Waals surface area contributed by atoms with Gasteiger partial charge in [0.1, 0.15) is 0 Å². The van der Waals surface area contributed by atoms with Gasteiger partial charge in [-0.3, -0.25) is 0 Å². The summed E-state index contributed by atoms with van der Waals surface area (Å²) in [5, 5.41) is 8.21. The first-order valence-electron chi connectivity index (χ1n) is 1.78. The van der Waals surface area contributed by atoms with E-state index in [1.165, 1.54) is 0 Å². The minimum atomic E-state index is -4.53. The van der Waals surface area contributed by atoms with Crippen molar-refractivity contribution in [1.29, 1.82) is 0 Å². The van der Waals surface area contributed by atoms with E-state index in [1.54, 1.807) is 0 Å². The van der Waals surface area contributed by atoms with Gasteiger partial charge in [-0.05, 0) is 6.08 Å². The fourth-order valence-corrected chi connectivity index (χ4v) is 0.474. The highest BCUT2D eigenvalue weighted by Gasteiger charge is 1.95. The van der Waals surface area contributed by atoms with Crippen LogP contribution in [0.15, 0.2) is 11.5 Å². The van der Waals surface area contributed by atoms with Gasteiger partial charge in [-0.15, -0.1) is 3.89 Å². The van der Waals surface area contributed by atoms with Crippen molar-refractivity contribution in [2.45, 2.75) is 0 Å².